The Morgan fingerprint density at radius 1 is 1.18 bits per heavy atom. The molecule has 2 amide bonds. The first-order chi connectivity index (χ1) is 8.00. The van der Waals surface area contributed by atoms with Gasteiger partial charge in [0.25, 0.3) is 0 Å². The topological polar surface area (TPSA) is 101 Å². The summed E-state index contributed by atoms with van der Waals surface area (Å²) < 4.78 is 0. The van der Waals surface area contributed by atoms with E-state index in [1.54, 1.807) is 4.90 Å². The van der Waals surface area contributed by atoms with Gasteiger partial charge in [0.05, 0.1) is 0 Å². The fourth-order valence-corrected chi connectivity index (χ4v) is 1.96. The smallest absolute Gasteiger partial charge is 0.303 e. The van der Waals surface area contributed by atoms with Crippen molar-refractivity contribution in [3.63, 3.8) is 0 Å². The predicted molar refractivity (Wildman–Crippen MR) is 60.0 cm³/mol. The average Bonchev–Trinajstić information content (AvgIpc) is 2.28. The monoisotopic (exact) mass is 242 g/mol. The molecule has 0 aromatic heterocycles. The van der Waals surface area contributed by atoms with Crippen LogP contribution in [0.5, 0.6) is 0 Å². The van der Waals surface area contributed by atoms with Crippen LogP contribution in [0.2, 0.25) is 0 Å². The Labute approximate surface area is 99.8 Å². The summed E-state index contributed by atoms with van der Waals surface area (Å²) in [5.41, 5.74) is 5.19. The number of carboxylic acids is 1. The Morgan fingerprint density at radius 3 is 2.24 bits per heavy atom. The van der Waals surface area contributed by atoms with Crippen LogP contribution in [-0.2, 0) is 14.4 Å². The van der Waals surface area contributed by atoms with Crippen LogP contribution in [0, 0.1) is 5.92 Å². The van der Waals surface area contributed by atoms with Crippen LogP contribution in [-0.4, -0.2) is 40.9 Å². The normalized spacial score (nSPS) is 16.8. The summed E-state index contributed by atoms with van der Waals surface area (Å²) in [7, 11) is 0. The molecule has 0 radical (unpaired) electrons. The number of carboxylic acid groups (broad SMARTS) is 1. The van der Waals surface area contributed by atoms with Gasteiger partial charge in [-0.2, -0.15) is 0 Å². The molecule has 0 spiro atoms. The van der Waals surface area contributed by atoms with E-state index in [2.05, 4.69) is 0 Å². The van der Waals surface area contributed by atoms with Crippen LogP contribution < -0.4 is 5.73 Å². The number of amides is 2. The van der Waals surface area contributed by atoms with Crippen molar-refractivity contribution < 1.29 is 19.5 Å². The van der Waals surface area contributed by atoms with Gasteiger partial charge in [0.1, 0.15) is 0 Å². The lowest BCUT2D eigenvalue weighted by Gasteiger charge is -2.30. The van der Waals surface area contributed by atoms with E-state index in [0.29, 0.717) is 32.4 Å². The Morgan fingerprint density at radius 2 is 1.76 bits per heavy atom. The van der Waals surface area contributed by atoms with E-state index in [4.69, 9.17) is 10.8 Å². The predicted octanol–water partition coefficient (Wildman–Crippen LogP) is -0.0348. The van der Waals surface area contributed by atoms with Gasteiger partial charge in [0.15, 0.2) is 0 Å². The van der Waals surface area contributed by atoms with Gasteiger partial charge in [0.2, 0.25) is 11.8 Å². The summed E-state index contributed by atoms with van der Waals surface area (Å²) in [4.78, 5) is 34.6. The SMILES string of the molecule is NC(=O)C1CCN(C(=O)CCCC(=O)O)CC1. The molecule has 6 heteroatoms. The molecule has 0 atom stereocenters. The number of primary amides is 1. The maximum absolute atomic E-state index is 11.7. The van der Waals surface area contributed by atoms with Crippen molar-refractivity contribution in [1.29, 1.82) is 0 Å². The van der Waals surface area contributed by atoms with E-state index >= 15 is 0 Å². The Kier molecular flexibility index (Phi) is 4.93. The number of likely N-dealkylation sites (tertiary alicyclic amines) is 1. The molecule has 1 aliphatic heterocycles. The van der Waals surface area contributed by atoms with Gasteiger partial charge in [-0.1, -0.05) is 0 Å². The third-order valence-corrected chi connectivity index (χ3v) is 3.03. The van der Waals surface area contributed by atoms with E-state index in [-0.39, 0.29) is 30.6 Å². The number of carbonyl (C=O) groups excluding carboxylic acids is 2. The molecule has 1 fully saturated rings. The lowest BCUT2D eigenvalue weighted by molar-refractivity contribution is -0.138. The zero-order valence-corrected chi connectivity index (χ0v) is 9.72. The average molecular weight is 242 g/mol. The summed E-state index contributed by atoms with van der Waals surface area (Å²) in [6.07, 6.45) is 1.86. The van der Waals surface area contributed by atoms with Gasteiger partial charge in [-0.05, 0) is 19.3 Å². The molecule has 0 bridgehead atoms. The quantitative estimate of drug-likeness (QED) is 0.706. The number of aliphatic carboxylic acids is 1. The molecule has 0 aliphatic carbocycles. The molecular formula is C11H18N2O4. The highest BCUT2D eigenvalue weighted by Crippen LogP contribution is 2.17. The highest BCUT2D eigenvalue weighted by Gasteiger charge is 2.25. The van der Waals surface area contributed by atoms with Crippen molar-refractivity contribution in [3.05, 3.63) is 0 Å². The maximum Gasteiger partial charge on any atom is 0.303 e. The molecule has 0 aromatic carbocycles. The van der Waals surface area contributed by atoms with Crippen LogP contribution in [0.1, 0.15) is 32.1 Å². The van der Waals surface area contributed by atoms with Crippen molar-refractivity contribution in [2.45, 2.75) is 32.1 Å². The van der Waals surface area contributed by atoms with E-state index in [9.17, 15) is 14.4 Å². The lowest BCUT2D eigenvalue weighted by Crippen LogP contribution is -2.41. The highest BCUT2D eigenvalue weighted by atomic mass is 16.4. The molecular weight excluding hydrogens is 224 g/mol. The molecule has 1 aliphatic rings. The summed E-state index contributed by atoms with van der Waals surface area (Å²) in [6, 6.07) is 0. The molecule has 17 heavy (non-hydrogen) atoms. The number of hydrogen-bond donors (Lipinski definition) is 2. The number of piperidine rings is 1. The molecule has 6 nitrogen and oxygen atoms in total. The van der Waals surface area contributed by atoms with Crippen molar-refractivity contribution >= 4 is 17.8 Å². The molecule has 0 unspecified atom stereocenters. The van der Waals surface area contributed by atoms with Crippen LogP contribution in [0.4, 0.5) is 0 Å². The van der Waals surface area contributed by atoms with Gasteiger partial charge in [-0.15, -0.1) is 0 Å². The fourth-order valence-electron chi connectivity index (χ4n) is 1.96. The summed E-state index contributed by atoms with van der Waals surface area (Å²) in [5.74, 6) is -1.35. The highest BCUT2D eigenvalue weighted by molar-refractivity contribution is 5.79. The summed E-state index contributed by atoms with van der Waals surface area (Å²) >= 11 is 0. The van der Waals surface area contributed by atoms with E-state index in [1.807, 2.05) is 0 Å². The number of hydrogen-bond acceptors (Lipinski definition) is 3. The summed E-state index contributed by atoms with van der Waals surface area (Å²) in [5, 5.41) is 8.46. The number of nitrogens with two attached hydrogens (primary N) is 1. The van der Waals surface area contributed by atoms with Crippen molar-refractivity contribution in [1.82, 2.24) is 4.90 Å². The Balaban J connectivity index is 2.26. The molecule has 0 aromatic rings. The van der Waals surface area contributed by atoms with Crippen molar-refractivity contribution in [2.24, 2.45) is 11.7 Å². The largest absolute Gasteiger partial charge is 0.481 e. The molecule has 0 saturated carbocycles. The van der Waals surface area contributed by atoms with Gasteiger partial charge < -0.3 is 15.7 Å². The number of rotatable bonds is 5. The standard InChI is InChI=1S/C11H18N2O4/c12-11(17)8-4-6-13(7-5-8)9(14)2-1-3-10(15)16/h8H,1-7H2,(H2,12,17)(H,15,16). The van der Waals surface area contributed by atoms with Crippen LogP contribution in [0.25, 0.3) is 0 Å². The second-order valence-corrected chi connectivity index (χ2v) is 4.30. The summed E-state index contributed by atoms with van der Waals surface area (Å²) in [6.45, 7) is 1.08. The first kappa shape index (κ1) is 13.5. The Bertz CT molecular complexity index is 309. The lowest BCUT2D eigenvalue weighted by atomic mass is 9.96. The fraction of sp³-hybridized carbons (Fsp3) is 0.727. The molecule has 3 N–H and O–H groups in total. The Hall–Kier alpha value is -1.59. The molecule has 1 heterocycles. The second-order valence-electron chi connectivity index (χ2n) is 4.30. The zero-order chi connectivity index (χ0) is 12.8. The van der Waals surface area contributed by atoms with Gasteiger partial charge >= 0.3 is 5.97 Å². The second kappa shape index (κ2) is 6.22. The first-order valence-electron chi connectivity index (χ1n) is 5.79. The van der Waals surface area contributed by atoms with Gasteiger partial charge in [0, 0.05) is 31.8 Å². The van der Waals surface area contributed by atoms with Crippen molar-refractivity contribution in [2.75, 3.05) is 13.1 Å². The minimum Gasteiger partial charge on any atom is -0.481 e. The van der Waals surface area contributed by atoms with E-state index in [1.165, 1.54) is 0 Å². The number of nitrogens with zero attached hydrogens (tertiary/aromatic N) is 1. The maximum atomic E-state index is 11.7. The first-order valence-corrected chi connectivity index (χ1v) is 5.79. The van der Waals surface area contributed by atoms with Gasteiger partial charge in [-0.3, -0.25) is 14.4 Å². The molecule has 1 rings (SSSR count). The third-order valence-electron chi connectivity index (χ3n) is 3.03. The minimum absolute atomic E-state index is 0.0174. The molecule has 1 saturated heterocycles. The number of carbonyl (C=O) groups is 3. The molecule has 96 valence electrons. The van der Waals surface area contributed by atoms with Crippen LogP contribution >= 0.6 is 0 Å². The third kappa shape index (κ3) is 4.42. The van der Waals surface area contributed by atoms with E-state index < -0.39 is 5.97 Å². The minimum atomic E-state index is -0.884. The van der Waals surface area contributed by atoms with Crippen LogP contribution in [0.15, 0.2) is 0 Å². The van der Waals surface area contributed by atoms with Crippen molar-refractivity contribution in [3.8, 4) is 0 Å². The van der Waals surface area contributed by atoms with Gasteiger partial charge in [-0.25, -0.2) is 0 Å². The zero-order valence-electron chi connectivity index (χ0n) is 9.72. The van der Waals surface area contributed by atoms with Crippen LogP contribution in [0.3, 0.4) is 0 Å². The van der Waals surface area contributed by atoms with E-state index in [0.717, 1.165) is 0 Å².